The summed E-state index contributed by atoms with van der Waals surface area (Å²) in [4.78, 5) is 15.9. The molecule has 0 saturated carbocycles. The Bertz CT molecular complexity index is 581. The number of Topliss-reactive ketones (excluding diaryl/α,β-unsaturated/α-hetero) is 1. The molecule has 0 spiro atoms. The van der Waals surface area contributed by atoms with Gasteiger partial charge in [0.2, 0.25) is 0 Å². The molecular formula is C13H8Cl3NO. The zero-order valence-corrected chi connectivity index (χ0v) is 11.4. The second-order valence-electron chi connectivity index (χ2n) is 3.70. The maximum atomic E-state index is 12.0. The minimum atomic E-state index is -0.115. The molecule has 2 rings (SSSR count). The molecule has 0 radical (unpaired) electrons. The first-order valence-electron chi connectivity index (χ1n) is 5.15. The van der Waals surface area contributed by atoms with E-state index in [1.807, 2.05) is 0 Å². The number of hydrogen-bond donors (Lipinski definition) is 0. The van der Waals surface area contributed by atoms with Crippen LogP contribution in [0.25, 0.3) is 0 Å². The van der Waals surface area contributed by atoms with Crippen molar-refractivity contribution in [3.63, 3.8) is 0 Å². The molecule has 0 aliphatic carbocycles. The minimum Gasteiger partial charge on any atom is -0.292 e. The van der Waals surface area contributed by atoms with Gasteiger partial charge < -0.3 is 0 Å². The van der Waals surface area contributed by atoms with Gasteiger partial charge in [-0.2, -0.15) is 0 Å². The highest BCUT2D eigenvalue weighted by Gasteiger charge is 2.11. The summed E-state index contributed by atoms with van der Waals surface area (Å²) < 4.78 is 0. The number of rotatable bonds is 3. The smallest absolute Gasteiger partial charge is 0.185 e. The van der Waals surface area contributed by atoms with Gasteiger partial charge in [-0.1, -0.05) is 40.9 Å². The maximum absolute atomic E-state index is 12.0. The van der Waals surface area contributed by atoms with Gasteiger partial charge in [-0.3, -0.25) is 9.78 Å². The van der Waals surface area contributed by atoms with Crippen LogP contribution in [-0.4, -0.2) is 10.8 Å². The van der Waals surface area contributed by atoms with Crippen LogP contribution in [0.2, 0.25) is 15.1 Å². The first kappa shape index (κ1) is 13.3. The van der Waals surface area contributed by atoms with Crippen molar-refractivity contribution in [3.8, 4) is 0 Å². The largest absolute Gasteiger partial charge is 0.292 e. The molecule has 0 amide bonds. The van der Waals surface area contributed by atoms with Gasteiger partial charge in [-0.25, -0.2) is 0 Å². The predicted molar refractivity (Wildman–Crippen MR) is 73.7 cm³/mol. The monoisotopic (exact) mass is 299 g/mol. The lowest BCUT2D eigenvalue weighted by Gasteiger charge is -2.04. The number of nitrogens with zero attached hydrogens (tertiary/aromatic N) is 1. The SMILES string of the molecule is O=C(Cc1ccc(Cl)cc1Cl)c1ccc(Cl)cn1. The molecule has 0 fully saturated rings. The van der Waals surface area contributed by atoms with Crippen molar-refractivity contribution in [1.29, 1.82) is 0 Å². The molecule has 0 aliphatic heterocycles. The van der Waals surface area contributed by atoms with Crippen LogP contribution < -0.4 is 0 Å². The number of aromatic nitrogens is 1. The van der Waals surface area contributed by atoms with Crippen LogP contribution in [0, 0.1) is 0 Å². The first-order chi connectivity index (χ1) is 8.56. The summed E-state index contributed by atoms with van der Waals surface area (Å²) in [7, 11) is 0. The van der Waals surface area contributed by atoms with Crippen LogP contribution >= 0.6 is 34.8 Å². The van der Waals surface area contributed by atoms with Crippen LogP contribution in [0.1, 0.15) is 16.1 Å². The molecule has 0 atom stereocenters. The Kier molecular flexibility index (Phi) is 4.23. The Balaban J connectivity index is 2.18. The molecular weight excluding hydrogens is 293 g/mol. The van der Waals surface area contributed by atoms with Crippen molar-refractivity contribution in [2.24, 2.45) is 0 Å². The quantitative estimate of drug-likeness (QED) is 0.783. The molecule has 0 unspecified atom stereocenters. The van der Waals surface area contributed by atoms with E-state index in [-0.39, 0.29) is 12.2 Å². The number of pyridine rings is 1. The lowest BCUT2D eigenvalue weighted by atomic mass is 10.1. The molecule has 0 N–H and O–H groups in total. The fourth-order valence-corrected chi connectivity index (χ4v) is 2.06. The number of hydrogen-bond acceptors (Lipinski definition) is 2. The molecule has 1 aromatic heterocycles. The summed E-state index contributed by atoms with van der Waals surface area (Å²) in [6.45, 7) is 0. The molecule has 1 aromatic carbocycles. The lowest BCUT2D eigenvalue weighted by Crippen LogP contribution is -2.06. The van der Waals surface area contributed by atoms with E-state index in [4.69, 9.17) is 34.8 Å². The summed E-state index contributed by atoms with van der Waals surface area (Å²) in [6, 6.07) is 8.27. The number of ketones is 1. The zero-order chi connectivity index (χ0) is 13.1. The maximum Gasteiger partial charge on any atom is 0.185 e. The summed E-state index contributed by atoms with van der Waals surface area (Å²) >= 11 is 17.5. The van der Waals surface area contributed by atoms with Crippen LogP contribution in [0.15, 0.2) is 36.5 Å². The topological polar surface area (TPSA) is 30.0 Å². The van der Waals surface area contributed by atoms with Crippen LogP contribution in [-0.2, 0) is 6.42 Å². The van der Waals surface area contributed by atoms with Crippen LogP contribution in [0.3, 0.4) is 0 Å². The number of halogens is 3. The third kappa shape index (κ3) is 3.22. The highest BCUT2D eigenvalue weighted by atomic mass is 35.5. The van der Waals surface area contributed by atoms with Gasteiger partial charge in [-0.05, 0) is 29.8 Å². The highest BCUT2D eigenvalue weighted by Crippen LogP contribution is 2.22. The molecule has 2 nitrogen and oxygen atoms in total. The van der Waals surface area contributed by atoms with Gasteiger partial charge in [0, 0.05) is 22.7 Å². The summed E-state index contributed by atoms with van der Waals surface area (Å²) in [5, 5.41) is 1.52. The van der Waals surface area contributed by atoms with Crippen LogP contribution in [0.4, 0.5) is 0 Å². The third-order valence-electron chi connectivity index (χ3n) is 2.38. The summed E-state index contributed by atoms with van der Waals surface area (Å²) in [5.74, 6) is -0.115. The summed E-state index contributed by atoms with van der Waals surface area (Å²) in [6.07, 6.45) is 1.63. The Morgan fingerprint density at radius 3 is 2.39 bits per heavy atom. The Labute approximate surface area is 120 Å². The second kappa shape index (κ2) is 5.70. The van der Waals surface area contributed by atoms with Crippen molar-refractivity contribution in [2.75, 3.05) is 0 Å². The lowest BCUT2D eigenvalue weighted by molar-refractivity contribution is 0.0988. The summed E-state index contributed by atoms with van der Waals surface area (Å²) in [5.41, 5.74) is 1.09. The van der Waals surface area contributed by atoms with Gasteiger partial charge in [0.15, 0.2) is 5.78 Å². The van der Waals surface area contributed by atoms with Crippen LogP contribution in [0.5, 0.6) is 0 Å². The normalized spacial score (nSPS) is 10.4. The average Bonchev–Trinajstić information content (AvgIpc) is 2.33. The van der Waals surface area contributed by atoms with E-state index >= 15 is 0 Å². The molecule has 18 heavy (non-hydrogen) atoms. The fourth-order valence-electron chi connectivity index (χ4n) is 1.47. The van der Waals surface area contributed by atoms with Gasteiger partial charge in [0.1, 0.15) is 5.69 Å². The number of carbonyl (C=O) groups is 1. The van der Waals surface area contributed by atoms with Gasteiger partial charge in [0.25, 0.3) is 0 Å². The molecule has 0 bridgehead atoms. The van der Waals surface area contributed by atoms with Gasteiger partial charge >= 0.3 is 0 Å². The zero-order valence-electron chi connectivity index (χ0n) is 9.16. The average molecular weight is 301 g/mol. The Hall–Kier alpha value is -1.09. The second-order valence-corrected chi connectivity index (χ2v) is 4.98. The Morgan fingerprint density at radius 2 is 1.78 bits per heavy atom. The predicted octanol–water partition coefficient (Wildman–Crippen LogP) is 4.47. The van der Waals surface area contributed by atoms with Crippen molar-refractivity contribution >= 4 is 40.6 Å². The van der Waals surface area contributed by atoms with E-state index in [0.717, 1.165) is 5.56 Å². The minimum absolute atomic E-state index is 0.115. The van der Waals surface area contributed by atoms with Gasteiger partial charge in [-0.15, -0.1) is 0 Å². The standard InChI is InChI=1S/C13H8Cl3NO/c14-9-2-1-8(11(16)6-9)5-13(18)12-4-3-10(15)7-17-12/h1-4,6-7H,5H2. The van der Waals surface area contributed by atoms with E-state index in [1.165, 1.54) is 6.20 Å². The van der Waals surface area contributed by atoms with E-state index < -0.39 is 0 Å². The molecule has 2 aromatic rings. The molecule has 0 aliphatic rings. The van der Waals surface area contributed by atoms with Gasteiger partial charge in [0.05, 0.1) is 5.02 Å². The highest BCUT2D eigenvalue weighted by molar-refractivity contribution is 6.35. The van der Waals surface area contributed by atoms with E-state index in [2.05, 4.69) is 4.98 Å². The van der Waals surface area contributed by atoms with Crippen molar-refractivity contribution in [3.05, 3.63) is 62.9 Å². The fraction of sp³-hybridized carbons (Fsp3) is 0.0769. The van der Waals surface area contributed by atoms with Crippen molar-refractivity contribution in [1.82, 2.24) is 4.98 Å². The van der Waals surface area contributed by atoms with Crippen molar-refractivity contribution < 1.29 is 4.79 Å². The van der Waals surface area contributed by atoms with E-state index in [1.54, 1.807) is 30.3 Å². The first-order valence-corrected chi connectivity index (χ1v) is 6.28. The third-order valence-corrected chi connectivity index (χ3v) is 3.19. The molecule has 5 heteroatoms. The molecule has 92 valence electrons. The molecule has 1 heterocycles. The van der Waals surface area contributed by atoms with Crippen molar-refractivity contribution in [2.45, 2.75) is 6.42 Å². The van der Waals surface area contributed by atoms with E-state index in [9.17, 15) is 4.79 Å². The van der Waals surface area contributed by atoms with E-state index in [0.29, 0.717) is 20.8 Å². The molecule has 0 saturated heterocycles. The number of carbonyl (C=O) groups excluding carboxylic acids is 1. The number of benzene rings is 1. The Morgan fingerprint density at radius 1 is 1.06 bits per heavy atom.